The van der Waals surface area contributed by atoms with Crippen molar-refractivity contribution >= 4 is 34.5 Å². The van der Waals surface area contributed by atoms with Crippen molar-refractivity contribution in [2.24, 2.45) is 0 Å². The van der Waals surface area contributed by atoms with E-state index in [0.717, 1.165) is 10.9 Å². The van der Waals surface area contributed by atoms with Crippen molar-refractivity contribution in [3.63, 3.8) is 0 Å². The van der Waals surface area contributed by atoms with Crippen LogP contribution in [0.1, 0.15) is 49.8 Å². The summed E-state index contributed by atoms with van der Waals surface area (Å²) in [4.78, 5) is 29.9. The highest BCUT2D eigenvalue weighted by Crippen LogP contribution is 2.34. The smallest absolute Gasteiger partial charge is 0.419 e. The zero-order chi connectivity index (χ0) is 28.6. The van der Waals surface area contributed by atoms with Crippen LogP contribution in [0.3, 0.4) is 0 Å². The third-order valence-corrected chi connectivity index (χ3v) is 6.47. The first-order chi connectivity index (χ1) is 19.0. The number of amides is 1. The van der Waals surface area contributed by atoms with Gasteiger partial charge in [0, 0.05) is 22.7 Å². The SMILES string of the molecule is CC(NC(=O)c1ccc2c(-c3ccccc3Cl)nn(-c3ccc(F)cc3)c2c1)c1cn(C(=O)OC(C)(C)C)cn1. The molecule has 1 amide bonds. The van der Waals surface area contributed by atoms with E-state index in [1.807, 2.05) is 24.3 Å². The summed E-state index contributed by atoms with van der Waals surface area (Å²) in [6, 6.07) is 18.1. The number of aromatic nitrogens is 4. The molecule has 0 aliphatic heterocycles. The van der Waals surface area contributed by atoms with Crippen LogP contribution < -0.4 is 5.32 Å². The summed E-state index contributed by atoms with van der Waals surface area (Å²) in [6.45, 7) is 7.11. The van der Waals surface area contributed by atoms with Crippen LogP contribution >= 0.6 is 11.6 Å². The van der Waals surface area contributed by atoms with Crippen molar-refractivity contribution in [2.75, 3.05) is 0 Å². The summed E-state index contributed by atoms with van der Waals surface area (Å²) in [5, 5.41) is 9.03. The lowest BCUT2D eigenvalue weighted by atomic mass is 10.1. The summed E-state index contributed by atoms with van der Waals surface area (Å²) in [6.07, 6.45) is 2.33. The Morgan fingerprint density at radius 3 is 2.48 bits per heavy atom. The number of nitrogens with zero attached hydrogens (tertiary/aromatic N) is 4. The highest BCUT2D eigenvalue weighted by Gasteiger charge is 2.21. The number of hydrogen-bond acceptors (Lipinski definition) is 5. The molecule has 3 aromatic carbocycles. The molecule has 1 unspecified atom stereocenters. The van der Waals surface area contributed by atoms with Crippen molar-refractivity contribution in [1.29, 1.82) is 0 Å². The first kappa shape index (κ1) is 27.1. The van der Waals surface area contributed by atoms with Crippen molar-refractivity contribution in [1.82, 2.24) is 24.6 Å². The lowest BCUT2D eigenvalue weighted by Crippen LogP contribution is -2.27. The topological polar surface area (TPSA) is 91.0 Å². The molecule has 5 aromatic rings. The molecule has 2 aromatic heterocycles. The minimum atomic E-state index is -0.647. The molecule has 0 saturated heterocycles. The van der Waals surface area contributed by atoms with Crippen molar-refractivity contribution in [3.05, 3.63) is 101 Å². The number of carbonyl (C=O) groups excluding carboxylic acids is 2. The van der Waals surface area contributed by atoms with Gasteiger partial charge in [0.1, 0.15) is 23.4 Å². The third-order valence-electron chi connectivity index (χ3n) is 6.14. The van der Waals surface area contributed by atoms with E-state index in [1.165, 1.54) is 29.2 Å². The van der Waals surface area contributed by atoms with Crippen molar-refractivity contribution < 1.29 is 18.7 Å². The van der Waals surface area contributed by atoms with Gasteiger partial charge in [-0.2, -0.15) is 5.10 Å². The number of ether oxygens (including phenoxy) is 1. The number of rotatable bonds is 5. The van der Waals surface area contributed by atoms with Gasteiger partial charge in [-0.05, 0) is 76.2 Å². The molecule has 10 heteroatoms. The maximum atomic E-state index is 13.7. The lowest BCUT2D eigenvalue weighted by molar-refractivity contribution is 0.0536. The number of halogens is 2. The molecule has 0 radical (unpaired) electrons. The monoisotopic (exact) mass is 559 g/mol. The van der Waals surface area contributed by atoms with E-state index >= 15 is 0 Å². The highest BCUT2D eigenvalue weighted by atomic mass is 35.5. The fourth-order valence-electron chi connectivity index (χ4n) is 4.22. The Morgan fingerprint density at radius 2 is 1.77 bits per heavy atom. The molecule has 0 aliphatic rings. The fourth-order valence-corrected chi connectivity index (χ4v) is 4.44. The molecule has 0 aliphatic carbocycles. The van der Waals surface area contributed by atoms with Gasteiger partial charge in [0.2, 0.25) is 0 Å². The van der Waals surface area contributed by atoms with Crippen LogP contribution in [0.25, 0.3) is 27.8 Å². The molecule has 0 fully saturated rings. The van der Waals surface area contributed by atoms with Crippen LogP contribution in [0.2, 0.25) is 5.02 Å². The molecule has 8 nitrogen and oxygen atoms in total. The minimum absolute atomic E-state index is 0.340. The zero-order valence-corrected chi connectivity index (χ0v) is 23.1. The molecule has 0 saturated carbocycles. The van der Waals surface area contributed by atoms with Crippen LogP contribution in [0.15, 0.2) is 79.3 Å². The summed E-state index contributed by atoms with van der Waals surface area (Å²) >= 11 is 6.49. The molecule has 0 spiro atoms. The number of imidazole rings is 1. The maximum Gasteiger partial charge on any atom is 0.419 e. The van der Waals surface area contributed by atoms with Gasteiger partial charge in [0.15, 0.2) is 0 Å². The van der Waals surface area contributed by atoms with Gasteiger partial charge >= 0.3 is 6.09 Å². The maximum absolute atomic E-state index is 13.7. The van der Waals surface area contributed by atoms with E-state index in [9.17, 15) is 14.0 Å². The zero-order valence-electron chi connectivity index (χ0n) is 22.4. The molecule has 1 N–H and O–H groups in total. The molecular formula is C30H27ClFN5O3. The quantitative estimate of drug-likeness (QED) is 0.251. The Hall–Kier alpha value is -4.50. The number of carbonyl (C=O) groups is 2. The molecule has 204 valence electrons. The standard InChI is InChI=1S/C30H27ClFN5O3/c1-18(25-16-36(17-33-25)29(39)40-30(2,3)4)34-28(38)19-9-14-23-26(15-19)37(21-12-10-20(32)11-13-21)35-27(23)22-7-5-6-8-24(22)31/h5-18H,1-4H3,(H,34,38). The summed E-state index contributed by atoms with van der Waals surface area (Å²) in [5.41, 5.74) is 2.89. The van der Waals surface area contributed by atoms with E-state index < -0.39 is 17.7 Å². The van der Waals surface area contributed by atoms with Gasteiger partial charge in [0.25, 0.3) is 5.91 Å². The summed E-state index contributed by atoms with van der Waals surface area (Å²) < 4.78 is 21.9. The highest BCUT2D eigenvalue weighted by molar-refractivity contribution is 6.33. The average Bonchev–Trinajstić information content (AvgIpc) is 3.54. The van der Waals surface area contributed by atoms with Gasteiger partial charge in [-0.3, -0.25) is 4.79 Å². The Kier molecular flexibility index (Phi) is 7.16. The van der Waals surface area contributed by atoms with Gasteiger partial charge in [-0.15, -0.1) is 0 Å². The molecule has 0 bridgehead atoms. The molecule has 1 atom stereocenters. The van der Waals surface area contributed by atoms with Crippen LogP contribution in [0.5, 0.6) is 0 Å². The molecule has 2 heterocycles. The second kappa shape index (κ2) is 10.6. The van der Waals surface area contributed by atoms with E-state index in [2.05, 4.69) is 10.3 Å². The Labute approximate surface area is 235 Å². The summed E-state index contributed by atoms with van der Waals surface area (Å²) in [5.74, 6) is -0.706. The Balaban J connectivity index is 1.46. The Bertz CT molecular complexity index is 1720. The fraction of sp³-hybridized carbons (Fsp3) is 0.200. The van der Waals surface area contributed by atoms with Crippen LogP contribution in [-0.4, -0.2) is 36.9 Å². The predicted molar refractivity (Wildman–Crippen MR) is 151 cm³/mol. The lowest BCUT2D eigenvalue weighted by Gasteiger charge is -2.19. The van der Waals surface area contributed by atoms with Crippen LogP contribution in [-0.2, 0) is 4.74 Å². The van der Waals surface area contributed by atoms with Crippen LogP contribution in [0, 0.1) is 5.82 Å². The van der Waals surface area contributed by atoms with E-state index in [-0.39, 0.29) is 11.7 Å². The summed E-state index contributed by atoms with van der Waals surface area (Å²) in [7, 11) is 0. The number of hydrogen-bond donors (Lipinski definition) is 1. The first-order valence-corrected chi connectivity index (χ1v) is 13.0. The average molecular weight is 560 g/mol. The minimum Gasteiger partial charge on any atom is -0.443 e. The van der Waals surface area contributed by atoms with E-state index in [4.69, 9.17) is 21.4 Å². The molecule has 40 heavy (non-hydrogen) atoms. The second-order valence-corrected chi connectivity index (χ2v) is 10.7. The van der Waals surface area contributed by atoms with Crippen molar-refractivity contribution in [2.45, 2.75) is 39.3 Å². The van der Waals surface area contributed by atoms with Gasteiger partial charge in [-0.25, -0.2) is 23.4 Å². The second-order valence-electron chi connectivity index (χ2n) is 10.3. The number of fused-ring (bicyclic) bond motifs is 1. The number of nitrogens with one attached hydrogen (secondary N) is 1. The van der Waals surface area contributed by atoms with Gasteiger partial charge in [0.05, 0.1) is 28.0 Å². The third kappa shape index (κ3) is 5.60. The molecule has 5 rings (SSSR count). The Morgan fingerprint density at radius 1 is 1.05 bits per heavy atom. The van der Waals surface area contributed by atoms with E-state index in [1.54, 1.807) is 62.7 Å². The van der Waals surface area contributed by atoms with Gasteiger partial charge in [-0.1, -0.05) is 29.8 Å². The van der Waals surface area contributed by atoms with Gasteiger partial charge < -0.3 is 10.1 Å². The van der Waals surface area contributed by atoms with Crippen LogP contribution in [0.4, 0.5) is 9.18 Å². The van der Waals surface area contributed by atoms with Crippen molar-refractivity contribution in [3.8, 4) is 16.9 Å². The van der Waals surface area contributed by atoms with E-state index in [0.29, 0.717) is 33.2 Å². The normalized spacial score (nSPS) is 12.3. The largest absolute Gasteiger partial charge is 0.443 e. The first-order valence-electron chi connectivity index (χ1n) is 12.6. The molecular weight excluding hydrogens is 533 g/mol. The predicted octanol–water partition coefficient (Wildman–Crippen LogP) is 6.96. The number of benzene rings is 3.